The van der Waals surface area contributed by atoms with E-state index >= 15 is 0 Å². The number of rotatable bonds is 5. The lowest BCUT2D eigenvalue weighted by atomic mass is 9.91. The number of hydrogen-bond donors (Lipinski definition) is 3. The lowest BCUT2D eigenvalue weighted by Crippen LogP contribution is -2.47. The summed E-state index contributed by atoms with van der Waals surface area (Å²) in [5.41, 5.74) is 4.57. The predicted octanol–water partition coefficient (Wildman–Crippen LogP) is 4.97. The molecule has 1 aliphatic rings. The van der Waals surface area contributed by atoms with Gasteiger partial charge in [0, 0.05) is 35.1 Å². The number of nitrogens with zero attached hydrogens (tertiary/aromatic N) is 3. The number of hydrogen-bond acceptors (Lipinski definition) is 4. The third-order valence-corrected chi connectivity index (χ3v) is 6.43. The number of fused-ring (bicyclic) bond motifs is 1. The van der Waals surface area contributed by atoms with Crippen molar-refractivity contribution < 1.29 is 4.79 Å². The average Bonchev–Trinajstić information content (AvgIpc) is 3.27. The van der Waals surface area contributed by atoms with Crippen LogP contribution in [-0.4, -0.2) is 45.7 Å². The molecule has 0 spiro atoms. The topological polar surface area (TPSA) is 85.9 Å². The van der Waals surface area contributed by atoms with Gasteiger partial charge in [0.1, 0.15) is 5.69 Å². The highest BCUT2D eigenvalue weighted by Gasteiger charge is 2.30. The minimum Gasteiger partial charge on any atom is -0.329 e. The van der Waals surface area contributed by atoms with Crippen LogP contribution in [0.4, 0.5) is 10.5 Å². The number of nitrogens with one attached hydrogen (secondary N) is 3. The third kappa shape index (κ3) is 4.59. The van der Waals surface area contributed by atoms with E-state index in [0.29, 0.717) is 0 Å². The standard InChI is InChI=1S/C26H28N6O/c1-32-16-6-5-9-23(32)25(18-7-3-2-4-8-18)29-26(33)28-20-10-11-22-21(17-20)24(31-30-22)19-12-14-27-15-13-19/h2-4,7-8,10-15,17,23,25H,5-6,9,16H2,1H3,(H,30,31)(H2,28,29,33)/t23-,25-/m0/s1. The van der Waals surface area contributed by atoms with Gasteiger partial charge in [-0.05, 0) is 62.3 Å². The summed E-state index contributed by atoms with van der Waals surface area (Å²) in [4.78, 5) is 19.5. The predicted molar refractivity (Wildman–Crippen MR) is 131 cm³/mol. The van der Waals surface area contributed by atoms with Gasteiger partial charge in [-0.3, -0.25) is 10.1 Å². The highest BCUT2D eigenvalue weighted by atomic mass is 16.2. The Hall–Kier alpha value is -3.71. The maximum atomic E-state index is 13.1. The number of H-pyrrole nitrogens is 1. The molecule has 0 saturated carbocycles. The molecule has 0 aliphatic carbocycles. The summed E-state index contributed by atoms with van der Waals surface area (Å²) in [7, 11) is 2.15. The molecular formula is C26H28N6O. The van der Waals surface area contributed by atoms with Gasteiger partial charge >= 0.3 is 6.03 Å². The number of anilines is 1. The van der Waals surface area contributed by atoms with Crippen LogP contribution in [0.1, 0.15) is 30.9 Å². The number of aromatic amines is 1. The number of carbonyl (C=O) groups is 1. The first-order chi connectivity index (χ1) is 16.2. The van der Waals surface area contributed by atoms with E-state index in [1.54, 1.807) is 12.4 Å². The summed E-state index contributed by atoms with van der Waals surface area (Å²) in [6.07, 6.45) is 6.93. The molecule has 2 atom stereocenters. The molecule has 0 radical (unpaired) electrons. The number of amides is 2. The highest BCUT2D eigenvalue weighted by molar-refractivity contribution is 5.98. The van der Waals surface area contributed by atoms with Crippen LogP contribution in [0.5, 0.6) is 0 Å². The van der Waals surface area contributed by atoms with Gasteiger partial charge in [0.05, 0.1) is 11.6 Å². The number of likely N-dealkylation sites (N-methyl/N-ethyl adjacent to an activating group) is 1. The summed E-state index contributed by atoms with van der Waals surface area (Å²) >= 11 is 0. The van der Waals surface area contributed by atoms with Crippen molar-refractivity contribution in [2.24, 2.45) is 0 Å². The van der Waals surface area contributed by atoms with Crippen LogP contribution in [0.2, 0.25) is 0 Å². The first kappa shape index (κ1) is 21.2. The van der Waals surface area contributed by atoms with Gasteiger partial charge in [-0.15, -0.1) is 0 Å². The first-order valence-electron chi connectivity index (χ1n) is 11.4. The molecule has 7 nitrogen and oxygen atoms in total. The van der Waals surface area contributed by atoms with Crippen molar-refractivity contribution in [1.29, 1.82) is 0 Å². The zero-order valence-corrected chi connectivity index (χ0v) is 18.7. The maximum absolute atomic E-state index is 13.1. The van der Waals surface area contributed by atoms with Crippen LogP contribution in [0.25, 0.3) is 22.2 Å². The zero-order valence-electron chi connectivity index (χ0n) is 18.7. The van der Waals surface area contributed by atoms with Crippen molar-refractivity contribution in [2.75, 3.05) is 18.9 Å². The van der Waals surface area contributed by atoms with E-state index in [9.17, 15) is 4.79 Å². The fraction of sp³-hybridized carbons (Fsp3) is 0.269. The average molecular weight is 441 g/mol. The molecule has 7 heteroatoms. The van der Waals surface area contributed by atoms with E-state index in [0.717, 1.165) is 46.4 Å². The number of benzene rings is 2. The van der Waals surface area contributed by atoms with Crippen LogP contribution in [0.3, 0.4) is 0 Å². The smallest absolute Gasteiger partial charge is 0.319 e. The Balaban J connectivity index is 1.38. The van der Waals surface area contributed by atoms with Crippen molar-refractivity contribution >= 4 is 22.6 Å². The van der Waals surface area contributed by atoms with Crippen LogP contribution in [0.15, 0.2) is 73.1 Å². The SMILES string of the molecule is CN1CCCC[C@H]1[C@@H](NC(=O)Nc1ccc2[nH]nc(-c3ccncc3)c2c1)c1ccccc1. The molecule has 5 rings (SSSR count). The van der Waals surface area contributed by atoms with Crippen molar-refractivity contribution in [3.05, 3.63) is 78.6 Å². The maximum Gasteiger partial charge on any atom is 0.319 e. The highest BCUT2D eigenvalue weighted by Crippen LogP contribution is 2.30. The molecule has 2 aromatic carbocycles. The molecular weight excluding hydrogens is 412 g/mol. The number of likely N-dealkylation sites (tertiary alicyclic amines) is 1. The number of carbonyl (C=O) groups excluding carboxylic acids is 1. The molecule has 4 aromatic rings. The monoisotopic (exact) mass is 440 g/mol. The number of pyridine rings is 1. The van der Waals surface area contributed by atoms with E-state index in [4.69, 9.17) is 0 Å². The molecule has 3 N–H and O–H groups in total. The van der Waals surface area contributed by atoms with E-state index in [-0.39, 0.29) is 18.1 Å². The first-order valence-corrected chi connectivity index (χ1v) is 11.4. The lowest BCUT2D eigenvalue weighted by Gasteiger charge is -2.38. The summed E-state index contributed by atoms with van der Waals surface area (Å²) < 4.78 is 0. The Kier molecular flexibility index (Phi) is 6.04. The Bertz CT molecular complexity index is 1220. The molecule has 1 fully saturated rings. The van der Waals surface area contributed by atoms with Gasteiger partial charge in [-0.1, -0.05) is 36.8 Å². The molecule has 0 bridgehead atoms. The van der Waals surface area contributed by atoms with Crippen molar-refractivity contribution in [3.8, 4) is 11.3 Å². The Labute approximate surface area is 193 Å². The third-order valence-electron chi connectivity index (χ3n) is 6.43. The van der Waals surface area contributed by atoms with Gasteiger partial charge in [-0.25, -0.2) is 4.79 Å². The minimum atomic E-state index is -0.212. The van der Waals surface area contributed by atoms with Gasteiger partial charge in [0.25, 0.3) is 0 Å². The fourth-order valence-corrected chi connectivity index (χ4v) is 4.71. The van der Waals surface area contributed by atoms with Crippen LogP contribution in [0, 0.1) is 0 Å². The number of aromatic nitrogens is 3. The largest absolute Gasteiger partial charge is 0.329 e. The van der Waals surface area contributed by atoms with Crippen molar-refractivity contribution in [3.63, 3.8) is 0 Å². The van der Waals surface area contributed by atoms with E-state index < -0.39 is 0 Å². The van der Waals surface area contributed by atoms with Crippen LogP contribution in [-0.2, 0) is 0 Å². The molecule has 33 heavy (non-hydrogen) atoms. The van der Waals surface area contributed by atoms with Gasteiger partial charge in [0.2, 0.25) is 0 Å². The van der Waals surface area contributed by atoms with E-state index in [1.807, 2.05) is 48.5 Å². The molecule has 3 heterocycles. The van der Waals surface area contributed by atoms with Crippen molar-refractivity contribution in [2.45, 2.75) is 31.3 Å². The minimum absolute atomic E-state index is 0.0819. The van der Waals surface area contributed by atoms with E-state index in [1.165, 1.54) is 12.8 Å². The quantitative estimate of drug-likeness (QED) is 0.409. The molecule has 2 amide bonds. The number of piperidine rings is 1. The molecule has 0 unspecified atom stereocenters. The fourth-order valence-electron chi connectivity index (χ4n) is 4.71. The Morgan fingerprint density at radius 3 is 2.70 bits per heavy atom. The Morgan fingerprint density at radius 2 is 1.91 bits per heavy atom. The summed E-state index contributed by atoms with van der Waals surface area (Å²) in [6.45, 7) is 1.05. The van der Waals surface area contributed by atoms with Crippen molar-refractivity contribution in [1.82, 2.24) is 25.4 Å². The second kappa shape index (κ2) is 9.42. The summed E-state index contributed by atoms with van der Waals surface area (Å²) in [5.74, 6) is 0. The normalized spacial score (nSPS) is 17.5. The second-order valence-corrected chi connectivity index (χ2v) is 8.60. The molecule has 168 valence electrons. The van der Waals surface area contributed by atoms with E-state index in [2.05, 4.69) is 49.9 Å². The molecule has 1 saturated heterocycles. The van der Waals surface area contributed by atoms with Crippen LogP contribution >= 0.6 is 0 Å². The molecule has 2 aromatic heterocycles. The zero-order chi connectivity index (χ0) is 22.6. The van der Waals surface area contributed by atoms with Gasteiger partial charge < -0.3 is 15.5 Å². The van der Waals surface area contributed by atoms with Crippen LogP contribution < -0.4 is 10.6 Å². The van der Waals surface area contributed by atoms with Gasteiger partial charge in [0.15, 0.2) is 0 Å². The van der Waals surface area contributed by atoms with Gasteiger partial charge in [-0.2, -0.15) is 5.10 Å². The summed E-state index contributed by atoms with van der Waals surface area (Å²) in [5, 5.41) is 14.8. The lowest BCUT2D eigenvalue weighted by molar-refractivity contribution is 0.147. The second-order valence-electron chi connectivity index (χ2n) is 8.60. The summed E-state index contributed by atoms with van der Waals surface area (Å²) in [6, 6.07) is 19.8. The Morgan fingerprint density at radius 1 is 1.09 bits per heavy atom. The number of urea groups is 1. The molecule has 1 aliphatic heterocycles.